The maximum absolute atomic E-state index is 12.3. The van der Waals surface area contributed by atoms with E-state index in [1.165, 1.54) is 0 Å². The summed E-state index contributed by atoms with van der Waals surface area (Å²) in [5.41, 5.74) is 3.68. The number of nitrogens with one attached hydrogen (secondary N) is 1. The number of carbonyl (C=O) groups is 1. The van der Waals surface area contributed by atoms with Gasteiger partial charge in [-0.15, -0.1) is 0 Å². The number of aromatic amines is 1. The molecule has 0 radical (unpaired) electrons. The quantitative estimate of drug-likeness (QED) is 0.537. The molecule has 148 valence electrons. The van der Waals surface area contributed by atoms with Gasteiger partial charge >= 0.3 is 0 Å². The fraction of sp³-hybridized carbons (Fsp3) is 0.250. The Morgan fingerprint density at radius 1 is 0.714 bits per heavy atom. The molecule has 4 heteroatoms. The van der Waals surface area contributed by atoms with E-state index in [0.29, 0.717) is 22.5 Å². The molecule has 0 spiro atoms. The summed E-state index contributed by atoms with van der Waals surface area (Å²) in [6, 6.07) is 18.8. The van der Waals surface area contributed by atoms with Crippen molar-refractivity contribution in [2.75, 3.05) is 0 Å². The molecule has 4 rings (SSSR count). The Kier molecular flexibility index (Phi) is 9.44. The van der Waals surface area contributed by atoms with Gasteiger partial charge in [-0.25, -0.2) is 4.99 Å². The number of aromatic hydroxyl groups is 1. The molecule has 1 aliphatic heterocycles. The van der Waals surface area contributed by atoms with E-state index in [2.05, 4.69) is 9.98 Å². The Bertz CT molecular complexity index is 895. The molecule has 0 saturated carbocycles. The van der Waals surface area contributed by atoms with Gasteiger partial charge in [0.25, 0.3) is 5.91 Å². The van der Waals surface area contributed by atoms with E-state index < -0.39 is 0 Å². The highest BCUT2D eigenvalue weighted by molar-refractivity contribution is 6.30. The highest BCUT2D eigenvalue weighted by Crippen LogP contribution is 2.37. The molecule has 2 heterocycles. The molecule has 0 atom stereocenters. The minimum atomic E-state index is -0.329. The minimum absolute atomic E-state index is 0.0256. The fourth-order valence-electron chi connectivity index (χ4n) is 2.77. The predicted molar refractivity (Wildman–Crippen MR) is 118 cm³/mol. The smallest absolute Gasteiger partial charge is 0.280 e. The zero-order valence-corrected chi connectivity index (χ0v) is 17.6. The van der Waals surface area contributed by atoms with Crippen molar-refractivity contribution in [3.8, 4) is 17.1 Å². The lowest BCUT2D eigenvalue weighted by molar-refractivity contribution is 0.101. The minimum Gasteiger partial charge on any atom is -0.494 e. The Hall–Kier alpha value is -3.14. The standard InChI is InChI=1S/C18H12N2O2.3C2H6/c21-17-13-14(16(20-17)12-9-5-2-6-10-12)18(22)19-15(13)11-7-3-1-4-8-11;3*1-2/h1-10,19,22H;3*1-2H3. The second kappa shape index (κ2) is 11.5. The molecule has 1 amide bonds. The van der Waals surface area contributed by atoms with Crippen LogP contribution in [0.1, 0.15) is 63.0 Å². The monoisotopic (exact) mass is 378 g/mol. The number of carbonyl (C=O) groups excluding carboxylic acids is 1. The molecule has 1 aromatic heterocycles. The maximum Gasteiger partial charge on any atom is 0.280 e. The van der Waals surface area contributed by atoms with Crippen molar-refractivity contribution in [3.05, 3.63) is 77.4 Å². The van der Waals surface area contributed by atoms with Crippen LogP contribution < -0.4 is 0 Å². The predicted octanol–water partition coefficient (Wildman–Crippen LogP) is 6.46. The number of aliphatic imine (C=N–C) groups is 1. The summed E-state index contributed by atoms with van der Waals surface area (Å²) in [7, 11) is 0. The molecule has 0 aliphatic carbocycles. The van der Waals surface area contributed by atoms with Crippen LogP contribution in [0.25, 0.3) is 11.3 Å². The lowest BCUT2D eigenvalue weighted by atomic mass is 10.0. The summed E-state index contributed by atoms with van der Waals surface area (Å²) in [5, 5.41) is 10.3. The van der Waals surface area contributed by atoms with Crippen molar-refractivity contribution in [3.63, 3.8) is 0 Å². The van der Waals surface area contributed by atoms with Gasteiger partial charge in [0.1, 0.15) is 0 Å². The third-order valence-electron chi connectivity index (χ3n) is 3.75. The van der Waals surface area contributed by atoms with Gasteiger partial charge in [-0.05, 0) is 5.56 Å². The molecule has 4 nitrogen and oxygen atoms in total. The van der Waals surface area contributed by atoms with Crippen LogP contribution in [0.15, 0.2) is 65.7 Å². The molecule has 0 saturated heterocycles. The Labute approximate surface area is 168 Å². The highest BCUT2D eigenvalue weighted by atomic mass is 16.3. The normalized spacial score (nSPS) is 10.9. The fourth-order valence-corrected chi connectivity index (χ4v) is 2.77. The summed E-state index contributed by atoms with van der Waals surface area (Å²) in [6.45, 7) is 12.0. The topological polar surface area (TPSA) is 65.4 Å². The lowest BCUT2D eigenvalue weighted by Gasteiger charge is -2.00. The van der Waals surface area contributed by atoms with Crippen molar-refractivity contribution >= 4 is 11.6 Å². The Balaban J connectivity index is 0.000000599. The van der Waals surface area contributed by atoms with Crippen molar-refractivity contribution in [2.45, 2.75) is 41.5 Å². The first kappa shape index (κ1) is 22.9. The molecule has 0 fully saturated rings. The number of amides is 1. The number of benzene rings is 2. The zero-order valence-electron chi connectivity index (χ0n) is 17.6. The SMILES string of the molecule is CC.CC.CC.O=C1N=C(c2ccccc2)c2c(O)[nH]c(-c3ccccc3)c21. The van der Waals surface area contributed by atoms with Crippen molar-refractivity contribution < 1.29 is 9.90 Å². The van der Waals surface area contributed by atoms with Gasteiger partial charge in [0.15, 0.2) is 5.88 Å². The largest absolute Gasteiger partial charge is 0.494 e. The van der Waals surface area contributed by atoms with E-state index in [1.54, 1.807) is 0 Å². The molecule has 0 bridgehead atoms. The van der Waals surface area contributed by atoms with E-state index in [0.717, 1.165) is 11.1 Å². The number of fused-ring (bicyclic) bond motifs is 1. The number of hydrogen-bond donors (Lipinski definition) is 2. The number of hydrogen-bond acceptors (Lipinski definition) is 2. The van der Waals surface area contributed by atoms with E-state index in [4.69, 9.17) is 0 Å². The van der Waals surface area contributed by atoms with E-state index in [9.17, 15) is 9.90 Å². The number of rotatable bonds is 2. The lowest BCUT2D eigenvalue weighted by Crippen LogP contribution is -1.99. The molecule has 3 aromatic rings. The first-order valence-corrected chi connectivity index (χ1v) is 9.95. The highest BCUT2D eigenvalue weighted by Gasteiger charge is 2.33. The summed E-state index contributed by atoms with van der Waals surface area (Å²) in [4.78, 5) is 19.4. The van der Waals surface area contributed by atoms with Crippen molar-refractivity contribution in [1.29, 1.82) is 0 Å². The zero-order chi connectivity index (χ0) is 21.1. The van der Waals surface area contributed by atoms with Crippen LogP contribution in [0.4, 0.5) is 0 Å². The molecule has 1 aliphatic rings. The second-order valence-electron chi connectivity index (χ2n) is 5.10. The number of nitrogens with zero attached hydrogens (tertiary/aromatic N) is 1. The van der Waals surface area contributed by atoms with Crippen molar-refractivity contribution in [2.24, 2.45) is 4.99 Å². The van der Waals surface area contributed by atoms with E-state index in [-0.39, 0.29) is 11.8 Å². The summed E-state index contributed by atoms with van der Waals surface area (Å²) in [5.74, 6) is -0.355. The van der Waals surface area contributed by atoms with Gasteiger partial charge in [0.2, 0.25) is 0 Å². The molecule has 2 aromatic carbocycles. The average Bonchev–Trinajstić information content (AvgIpc) is 3.32. The van der Waals surface area contributed by atoms with Gasteiger partial charge in [0, 0.05) is 5.56 Å². The van der Waals surface area contributed by atoms with Gasteiger partial charge in [-0.3, -0.25) is 4.79 Å². The first-order chi connectivity index (χ1) is 13.8. The van der Waals surface area contributed by atoms with E-state index in [1.807, 2.05) is 102 Å². The first-order valence-electron chi connectivity index (χ1n) is 9.95. The van der Waals surface area contributed by atoms with Gasteiger partial charge < -0.3 is 10.1 Å². The number of aromatic nitrogens is 1. The summed E-state index contributed by atoms with van der Waals surface area (Å²) in [6.07, 6.45) is 0. The maximum atomic E-state index is 12.3. The molecular formula is C24H30N2O2. The third kappa shape index (κ3) is 4.58. The van der Waals surface area contributed by atoms with Crippen LogP contribution in [-0.4, -0.2) is 21.7 Å². The molecule has 2 N–H and O–H groups in total. The number of H-pyrrole nitrogens is 1. The van der Waals surface area contributed by atoms with Crippen LogP contribution in [0.3, 0.4) is 0 Å². The van der Waals surface area contributed by atoms with Crippen LogP contribution in [0, 0.1) is 0 Å². The molecule has 28 heavy (non-hydrogen) atoms. The van der Waals surface area contributed by atoms with Gasteiger partial charge in [-0.2, -0.15) is 0 Å². The van der Waals surface area contributed by atoms with Crippen LogP contribution in [0.2, 0.25) is 0 Å². The summed E-state index contributed by atoms with van der Waals surface area (Å²) < 4.78 is 0. The van der Waals surface area contributed by atoms with Crippen LogP contribution in [0.5, 0.6) is 5.88 Å². The van der Waals surface area contributed by atoms with Gasteiger partial charge in [-0.1, -0.05) is 102 Å². The van der Waals surface area contributed by atoms with Crippen molar-refractivity contribution in [1.82, 2.24) is 4.98 Å². The Morgan fingerprint density at radius 3 is 1.68 bits per heavy atom. The van der Waals surface area contributed by atoms with Crippen LogP contribution in [-0.2, 0) is 0 Å². The summed E-state index contributed by atoms with van der Waals surface area (Å²) >= 11 is 0. The second-order valence-corrected chi connectivity index (χ2v) is 5.10. The Morgan fingerprint density at radius 2 is 1.18 bits per heavy atom. The third-order valence-corrected chi connectivity index (χ3v) is 3.75. The molecule has 0 unspecified atom stereocenters. The van der Waals surface area contributed by atoms with Gasteiger partial charge in [0.05, 0.1) is 22.5 Å². The average molecular weight is 379 g/mol. The van der Waals surface area contributed by atoms with Crippen LogP contribution >= 0.6 is 0 Å². The van der Waals surface area contributed by atoms with E-state index >= 15 is 0 Å². The molecular weight excluding hydrogens is 348 g/mol.